The Hall–Kier alpha value is 0.350. The van der Waals surface area contributed by atoms with E-state index >= 15 is 0 Å². The second-order valence-corrected chi connectivity index (χ2v) is 5.29. The first kappa shape index (κ1) is 20.7. The Labute approximate surface area is 134 Å². The van der Waals surface area contributed by atoms with Crippen LogP contribution in [-0.4, -0.2) is 31.1 Å². The lowest BCUT2D eigenvalue weighted by molar-refractivity contribution is 0.601. The van der Waals surface area contributed by atoms with Gasteiger partial charge in [0.2, 0.25) is 0 Å². The van der Waals surface area contributed by atoms with Crippen LogP contribution in [0.5, 0.6) is 0 Å². The van der Waals surface area contributed by atoms with Gasteiger partial charge in [-0.15, -0.1) is 24.0 Å². The molecule has 0 spiro atoms. The number of nitrogens with one attached hydrogen (secondary N) is 1. The predicted octanol–water partition coefficient (Wildman–Crippen LogP) is 3.62. The normalized spacial score (nSPS) is 11.1. The van der Waals surface area contributed by atoms with Crippen molar-refractivity contribution in [2.75, 3.05) is 25.1 Å². The van der Waals surface area contributed by atoms with Crippen LogP contribution in [0.4, 0.5) is 0 Å². The monoisotopic (exact) mass is 387 g/mol. The van der Waals surface area contributed by atoms with Crippen LogP contribution in [0.1, 0.15) is 51.9 Å². The van der Waals surface area contributed by atoms with Gasteiger partial charge >= 0.3 is 0 Å². The molecule has 0 bridgehead atoms. The SMILES string of the molecule is CCCCCCCCNC(N)=NCCCSC.I. The van der Waals surface area contributed by atoms with Crippen molar-refractivity contribution in [2.45, 2.75) is 51.9 Å². The Morgan fingerprint density at radius 2 is 1.78 bits per heavy atom. The van der Waals surface area contributed by atoms with Gasteiger partial charge in [-0.25, -0.2) is 0 Å². The molecule has 0 saturated heterocycles. The largest absolute Gasteiger partial charge is 0.370 e. The van der Waals surface area contributed by atoms with Crippen molar-refractivity contribution < 1.29 is 0 Å². The zero-order chi connectivity index (χ0) is 12.8. The number of hydrogen-bond donors (Lipinski definition) is 2. The van der Waals surface area contributed by atoms with Crippen molar-refractivity contribution in [2.24, 2.45) is 10.7 Å². The summed E-state index contributed by atoms with van der Waals surface area (Å²) < 4.78 is 0. The highest BCUT2D eigenvalue weighted by molar-refractivity contribution is 14.0. The Morgan fingerprint density at radius 1 is 1.11 bits per heavy atom. The third-order valence-electron chi connectivity index (χ3n) is 2.63. The molecular formula is C13H30IN3S. The maximum absolute atomic E-state index is 5.75. The van der Waals surface area contributed by atoms with E-state index in [2.05, 4.69) is 23.5 Å². The molecule has 0 aromatic heterocycles. The summed E-state index contributed by atoms with van der Waals surface area (Å²) in [7, 11) is 0. The molecule has 5 heteroatoms. The molecule has 3 N–H and O–H groups in total. The lowest BCUT2D eigenvalue weighted by Crippen LogP contribution is -2.32. The second-order valence-electron chi connectivity index (χ2n) is 4.31. The molecule has 0 aliphatic heterocycles. The van der Waals surface area contributed by atoms with Crippen LogP contribution in [0.3, 0.4) is 0 Å². The minimum absolute atomic E-state index is 0. The molecule has 0 aromatic rings. The summed E-state index contributed by atoms with van der Waals surface area (Å²) in [6, 6.07) is 0. The number of unbranched alkanes of at least 4 members (excludes halogenated alkanes) is 5. The van der Waals surface area contributed by atoms with E-state index in [1.807, 2.05) is 11.8 Å². The summed E-state index contributed by atoms with van der Waals surface area (Å²) >= 11 is 1.85. The molecule has 0 amide bonds. The number of thioether (sulfide) groups is 1. The summed E-state index contributed by atoms with van der Waals surface area (Å²) in [4.78, 5) is 4.28. The number of guanidine groups is 1. The Kier molecular flexibility index (Phi) is 19.9. The number of nitrogens with zero attached hydrogens (tertiary/aromatic N) is 1. The number of halogens is 1. The summed E-state index contributed by atoms with van der Waals surface area (Å²) in [5.74, 6) is 1.77. The van der Waals surface area contributed by atoms with Gasteiger partial charge in [0, 0.05) is 13.1 Å². The van der Waals surface area contributed by atoms with Crippen molar-refractivity contribution in [3.05, 3.63) is 0 Å². The van der Waals surface area contributed by atoms with E-state index in [4.69, 9.17) is 5.73 Å². The molecule has 0 atom stereocenters. The summed E-state index contributed by atoms with van der Waals surface area (Å²) in [6.45, 7) is 4.05. The molecule has 0 heterocycles. The zero-order valence-electron chi connectivity index (χ0n) is 11.9. The van der Waals surface area contributed by atoms with Crippen LogP contribution in [-0.2, 0) is 0 Å². The first-order valence-corrected chi connectivity index (χ1v) is 8.23. The molecular weight excluding hydrogens is 357 g/mol. The van der Waals surface area contributed by atoms with Gasteiger partial charge in [0.05, 0.1) is 0 Å². The van der Waals surface area contributed by atoms with E-state index in [0.29, 0.717) is 5.96 Å². The molecule has 18 heavy (non-hydrogen) atoms. The van der Waals surface area contributed by atoms with Crippen LogP contribution in [0.25, 0.3) is 0 Å². The van der Waals surface area contributed by atoms with Crippen LogP contribution in [0.15, 0.2) is 4.99 Å². The molecule has 0 aromatic carbocycles. The first-order chi connectivity index (χ1) is 8.31. The summed E-state index contributed by atoms with van der Waals surface area (Å²) in [5, 5.41) is 3.17. The maximum Gasteiger partial charge on any atom is 0.188 e. The second kappa shape index (κ2) is 17.4. The quantitative estimate of drug-likeness (QED) is 0.246. The number of nitrogens with two attached hydrogens (primary N) is 1. The van der Waals surface area contributed by atoms with Gasteiger partial charge in [0.15, 0.2) is 5.96 Å². The molecule has 0 saturated carbocycles. The molecule has 0 fully saturated rings. The molecule has 0 radical (unpaired) electrons. The van der Waals surface area contributed by atoms with Gasteiger partial charge in [-0.3, -0.25) is 4.99 Å². The lowest BCUT2D eigenvalue weighted by atomic mass is 10.1. The smallest absolute Gasteiger partial charge is 0.188 e. The van der Waals surface area contributed by atoms with E-state index in [9.17, 15) is 0 Å². The fourth-order valence-corrected chi connectivity index (χ4v) is 2.00. The lowest BCUT2D eigenvalue weighted by Gasteiger charge is -2.05. The van der Waals surface area contributed by atoms with Crippen molar-refractivity contribution in [3.8, 4) is 0 Å². The van der Waals surface area contributed by atoms with Crippen molar-refractivity contribution in [1.82, 2.24) is 5.32 Å². The Morgan fingerprint density at radius 3 is 2.44 bits per heavy atom. The Balaban J connectivity index is 0. The van der Waals surface area contributed by atoms with Crippen LogP contribution < -0.4 is 11.1 Å². The van der Waals surface area contributed by atoms with Gasteiger partial charge in [-0.1, -0.05) is 39.0 Å². The summed E-state index contributed by atoms with van der Waals surface area (Å²) in [6.07, 6.45) is 11.1. The summed E-state index contributed by atoms with van der Waals surface area (Å²) in [5.41, 5.74) is 5.75. The van der Waals surface area contributed by atoms with Gasteiger partial charge in [0.1, 0.15) is 0 Å². The van der Waals surface area contributed by atoms with E-state index in [1.165, 1.54) is 38.5 Å². The Bertz CT molecular complexity index is 189. The number of hydrogen-bond acceptors (Lipinski definition) is 2. The van der Waals surface area contributed by atoms with E-state index in [0.717, 1.165) is 25.3 Å². The van der Waals surface area contributed by atoms with Crippen LogP contribution in [0, 0.1) is 0 Å². The molecule has 110 valence electrons. The van der Waals surface area contributed by atoms with Crippen molar-refractivity contribution in [3.63, 3.8) is 0 Å². The van der Waals surface area contributed by atoms with Gasteiger partial charge in [-0.05, 0) is 24.9 Å². The highest BCUT2D eigenvalue weighted by Crippen LogP contribution is 2.03. The molecule has 0 rings (SSSR count). The minimum Gasteiger partial charge on any atom is -0.370 e. The van der Waals surface area contributed by atoms with Crippen molar-refractivity contribution in [1.29, 1.82) is 0 Å². The first-order valence-electron chi connectivity index (χ1n) is 6.84. The fraction of sp³-hybridized carbons (Fsp3) is 0.923. The molecule has 0 aliphatic carbocycles. The van der Waals surface area contributed by atoms with Gasteiger partial charge in [0.25, 0.3) is 0 Å². The van der Waals surface area contributed by atoms with Crippen LogP contribution in [0.2, 0.25) is 0 Å². The fourth-order valence-electron chi connectivity index (χ4n) is 1.59. The third kappa shape index (κ3) is 16.4. The number of aliphatic imine (C=N–C) groups is 1. The topological polar surface area (TPSA) is 50.4 Å². The highest BCUT2D eigenvalue weighted by atomic mass is 127. The van der Waals surface area contributed by atoms with Gasteiger partial charge < -0.3 is 11.1 Å². The van der Waals surface area contributed by atoms with E-state index in [1.54, 1.807) is 0 Å². The zero-order valence-corrected chi connectivity index (χ0v) is 15.1. The minimum atomic E-state index is 0. The molecule has 0 aliphatic rings. The van der Waals surface area contributed by atoms with E-state index < -0.39 is 0 Å². The van der Waals surface area contributed by atoms with Crippen LogP contribution >= 0.6 is 35.7 Å². The number of rotatable bonds is 11. The molecule has 3 nitrogen and oxygen atoms in total. The standard InChI is InChI=1S/C13H29N3S.HI/c1-3-4-5-6-7-8-10-15-13(14)16-11-9-12-17-2;/h3-12H2,1-2H3,(H3,14,15,16);1H. The van der Waals surface area contributed by atoms with Crippen molar-refractivity contribution >= 4 is 41.7 Å². The third-order valence-corrected chi connectivity index (χ3v) is 3.32. The van der Waals surface area contributed by atoms with Gasteiger partial charge in [-0.2, -0.15) is 11.8 Å². The average molecular weight is 387 g/mol. The average Bonchev–Trinajstić information content (AvgIpc) is 2.33. The predicted molar refractivity (Wildman–Crippen MR) is 96.3 cm³/mol. The maximum atomic E-state index is 5.75. The highest BCUT2D eigenvalue weighted by Gasteiger charge is 1.92. The molecule has 0 unspecified atom stereocenters. The van der Waals surface area contributed by atoms with E-state index in [-0.39, 0.29) is 24.0 Å².